The van der Waals surface area contributed by atoms with Crippen molar-refractivity contribution in [2.75, 3.05) is 20.2 Å². The van der Waals surface area contributed by atoms with Gasteiger partial charge in [0.1, 0.15) is 5.69 Å². The Hall–Kier alpha value is -3.80. The number of alkyl halides is 3. The number of aromatic nitrogens is 4. The molecule has 0 bridgehead atoms. The molecular formula is C24H26F3N5O4. The van der Waals surface area contributed by atoms with E-state index in [2.05, 4.69) is 19.9 Å². The Labute approximate surface area is 205 Å². The van der Waals surface area contributed by atoms with E-state index in [0.717, 1.165) is 46.9 Å². The van der Waals surface area contributed by atoms with Gasteiger partial charge >= 0.3 is 12.1 Å². The third-order valence-corrected chi connectivity index (χ3v) is 5.90. The largest absolute Gasteiger partial charge is 0.490 e. The number of nitrogens with one attached hydrogen (secondary N) is 1. The molecular weight excluding hydrogens is 479 g/mol. The van der Waals surface area contributed by atoms with Crippen molar-refractivity contribution in [3.05, 3.63) is 53.7 Å². The number of pyridine rings is 2. The predicted octanol–water partition coefficient (Wildman–Crippen LogP) is 3.63. The summed E-state index contributed by atoms with van der Waals surface area (Å²) in [4.78, 5) is 39.9. The number of halogens is 3. The summed E-state index contributed by atoms with van der Waals surface area (Å²) in [5.41, 5.74) is 4.88. The van der Waals surface area contributed by atoms with E-state index in [1.165, 1.54) is 0 Å². The second-order valence-corrected chi connectivity index (χ2v) is 8.81. The second kappa shape index (κ2) is 10.4. The molecule has 3 N–H and O–H groups in total. The van der Waals surface area contributed by atoms with Crippen LogP contribution in [-0.4, -0.2) is 73.3 Å². The minimum absolute atomic E-state index is 0.0920. The number of nitrogens with zero attached hydrogens (tertiary/aromatic N) is 4. The average Bonchev–Trinajstić information content (AvgIpc) is 3.54. The molecule has 1 aliphatic rings. The average molecular weight is 505 g/mol. The Morgan fingerprint density at radius 2 is 1.83 bits per heavy atom. The number of hydrogen-bond donors (Lipinski definition) is 3. The molecule has 192 valence electrons. The number of aliphatic hydroxyl groups is 1. The van der Waals surface area contributed by atoms with Crippen molar-refractivity contribution in [2.45, 2.75) is 32.9 Å². The molecule has 0 unspecified atom stereocenters. The molecule has 4 rings (SSSR count). The molecule has 3 heterocycles. The van der Waals surface area contributed by atoms with Crippen LogP contribution in [0.25, 0.3) is 22.6 Å². The fourth-order valence-electron chi connectivity index (χ4n) is 3.46. The first-order valence-electron chi connectivity index (χ1n) is 11.0. The van der Waals surface area contributed by atoms with Gasteiger partial charge in [-0.25, -0.2) is 9.78 Å². The van der Waals surface area contributed by atoms with Crippen molar-refractivity contribution in [1.82, 2.24) is 24.8 Å². The standard InChI is InChI=1S/C22H25N5O2.C2HF3O2/c1-14-15(2)26-20(25-14)19-9-16(4-7-24-19)17-8-18(11-23-10-17)21(29)27(3)12-22(13-28)5-6-22;3-2(4,5)1(6)7/h4,7-11,28H,5-6,12-13H2,1-3H3,(H,25,26);(H,6,7). The maximum atomic E-state index is 12.9. The first-order chi connectivity index (χ1) is 16.8. The lowest BCUT2D eigenvalue weighted by molar-refractivity contribution is -0.192. The van der Waals surface area contributed by atoms with Crippen LogP contribution in [0.15, 0.2) is 36.8 Å². The van der Waals surface area contributed by atoms with Crippen molar-refractivity contribution in [3.8, 4) is 22.6 Å². The number of aromatic amines is 1. The molecule has 1 saturated carbocycles. The topological polar surface area (TPSA) is 132 Å². The summed E-state index contributed by atoms with van der Waals surface area (Å²) in [6.07, 6.45) is 1.90. The molecule has 1 amide bonds. The number of carbonyl (C=O) groups excluding carboxylic acids is 1. The minimum Gasteiger partial charge on any atom is -0.475 e. The summed E-state index contributed by atoms with van der Waals surface area (Å²) >= 11 is 0. The summed E-state index contributed by atoms with van der Waals surface area (Å²) in [7, 11) is 1.77. The smallest absolute Gasteiger partial charge is 0.475 e. The van der Waals surface area contributed by atoms with Crippen LogP contribution in [-0.2, 0) is 4.79 Å². The van der Waals surface area contributed by atoms with Gasteiger partial charge in [-0.3, -0.25) is 14.8 Å². The molecule has 0 atom stereocenters. The zero-order valence-electron chi connectivity index (χ0n) is 19.9. The molecule has 0 radical (unpaired) electrons. The molecule has 0 saturated heterocycles. The number of rotatable bonds is 6. The van der Waals surface area contributed by atoms with Gasteiger partial charge in [0.25, 0.3) is 5.91 Å². The first kappa shape index (κ1) is 26.8. The Morgan fingerprint density at radius 3 is 2.36 bits per heavy atom. The van der Waals surface area contributed by atoms with E-state index in [4.69, 9.17) is 9.90 Å². The van der Waals surface area contributed by atoms with Gasteiger partial charge in [-0.1, -0.05) is 0 Å². The maximum absolute atomic E-state index is 12.9. The van der Waals surface area contributed by atoms with Crippen LogP contribution < -0.4 is 0 Å². The van der Waals surface area contributed by atoms with Crippen molar-refractivity contribution in [1.29, 1.82) is 0 Å². The van der Waals surface area contributed by atoms with Crippen LogP contribution in [0.4, 0.5) is 13.2 Å². The highest BCUT2D eigenvalue weighted by Crippen LogP contribution is 2.45. The quantitative estimate of drug-likeness (QED) is 0.466. The highest BCUT2D eigenvalue weighted by atomic mass is 19.4. The monoisotopic (exact) mass is 505 g/mol. The highest BCUT2D eigenvalue weighted by Gasteiger charge is 2.43. The Balaban J connectivity index is 0.000000454. The van der Waals surface area contributed by atoms with Gasteiger partial charge in [0, 0.05) is 48.9 Å². The van der Waals surface area contributed by atoms with Crippen molar-refractivity contribution in [3.63, 3.8) is 0 Å². The number of carboxylic acids is 1. The molecule has 3 aromatic rings. The minimum atomic E-state index is -5.08. The summed E-state index contributed by atoms with van der Waals surface area (Å²) < 4.78 is 31.7. The zero-order chi connectivity index (χ0) is 26.7. The molecule has 9 nitrogen and oxygen atoms in total. The predicted molar refractivity (Wildman–Crippen MR) is 124 cm³/mol. The maximum Gasteiger partial charge on any atom is 0.490 e. The van der Waals surface area contributed by atoms with Gasteiger partial charge in [0.15, 0.2) is 5.82 Å². The molecule has 3 aromatic heterocycles. The summed E-state index contributed by atoms with van der Waals surface area (Å²) in [6.45, 7) is 4.61. The van der Waals surface area contributed by atoms with Gasteiger partial charge < -0.3 is 20.1 Å². The van der Waals surface area contributed by atoms with E-state index in [0.29, 0.717) is 12.1 Å². The summed E-state index contributed by atoms with van der Waals surface area (Å²) in [6, 6.07) is 5.69. The SMILES string of the molecule is Cc1nc(-c2cc(-c3cncc(C(=O)N(C)CC4(CO)CC4)c3)ccn2)[nH]c1C.O=C(O)C(F)(F)F. The van der Waals surface area contributed by atoms with E-state index in [9.17, 15) is 23.1 Å². The number of carbonyl (C=O) groups is 2. The van der Waals surface area contributed by atoms with E-state index in [-0.39, 0.29) is 17.9 Å². The number of aliphatic hydroxyl groups excluding tert-OH is 1. The second-order valence-electron chi connectivity index (χ2n) is 8.81. The van der Waals surface area contributed by atoms with E-state index < -0.39 is 12.1 Å². The fourth-order valence-corrected chi connectivity index (χ4v) is 3.46. The van der Waals surface area contributed by atoms with Crippen LogP contribution in [0.2, 0.25) is 0 Å². The number of H-pyrrole nitrogens is 1. The van der Waals surface area contributed by atoms with Crippen LogP contribution in [0.5, 0.6) is 0 Å². The van der Waals surface area contributed by atoms with Crippen molar-refractivity contribution < 1.29 is 33.0 Å². The Bertz CT molecular complexity index is 1240. The molecule has 1 fully saturated rings. The van der Waals surface area contributed by atoms with Crippen molar-refractivity contribution >= 4 is 11.9 Å². The van der Waals surface area contributed by atoms with Gasteiger partial charge in [-0.05, 0) is 50.5 Å². The normalized spacial score (nSPS) is 14.0. The lowest BCUT2D eigenvalue weighted by atomic mass is 10.0. The Morgan fingerprint density at radius 1 is 1.17 bits per heavy atom. The lowest BCUT2D eigenvalue weighted by Crippen LogP contribution is -2.34. The van der Waals surface area contributed by atoms with Gasteiger partial charge in [0.05, 0.1) is 17.9 Å². The van der Waals surface area contributed by atoms with E-state index >= 15 is 0 Å². The van der Waals surface area contributed by atoms with Crippen LogP contribution >= 0.6 is 0 Å². The highest BCUT2D eigenvalue weighted by molar-refractivity contribution is 5.95. The molecule has 0 aliphatic heterocycles. The number of hydrogen-bond acceptors (Lipinski definition) is 6. The van der Waals surface area contributed by atoms with Gasteiger partial charge in [-0.15, -0.1) is 0 Å². The third-order valence-electron chi connectivity index (χ3n) is 5.90. The van der Waals surface area contributed by atoms with Crippen LogP contribution in [0.1, 0.15) is 34.6 Å². The van der Waals surface area contributed by atoms with Gasteiger partial charge in [0.2, 0.25) is 0 Å². The van der Waals surface area contributed by atoms with Crippen LogP contribution in [0, 0.1) is 19.3 Å². The fraction of sp³-hybridized carbons (Fsp3) is 0.375. The summed E-state index contributed by atoms with van der Waals surface area (Å²) in [5, 5.41) is 16.7. The van der Waals surface area contributed by atoms with Crippen molar-refractivity contribution in [2.24, 2.45) is 5.41 Å². The first-order valence-corrected chi connectivity index (χ1v) is 11.0. The van der Waals surface area contributed by atoms with E-state index in [1.807, 2.05) is 32.0 Å². The lowest BCUT2D eigenvalue weighted by Gasteiger charge is -2.22. The number of amides is 1. The molecule has 1 aliphatic carbocycles. The summed E-state index contributed by atoms with van der Waals surface area (Å²) in [5.74, 6) is -2.13. The molecule has 0 aromatic carbocycles. The number of imidazole rings is 1. The van der Waals surface area contributed by atoms with Crippen LogP contribution in [0.3, 0.4) is 0 Å². The van der Waals surface area contributed by atoms with E-state index in [1.54, 1.807) is 30.5 Å². The number of aryl methyl sites for hydroxylation is 2. The molecule has 36 heavy (non-hydrogen) atoms. The zero-order valence-corrected chi connectivity index (χ0v) is 19.9. The molecule has 0 spiro atoms. The third kappa shape index (κ3) is 6.45. The van der Waals surface area contributed by atoms with Gasteiger partial charge in [-0.2, -0.15) is 13.2 Å². The molecule has 12 heteroatoms. The number of aliphatic carboxylic acids is 1. The number of carboxylic acid groups (broad SMARTS) is 1. The Kier molecular flexibility index (Phi) is 7.77.